The molecule has 0 radical (unpaired) electrons. The molecule has 0 bridgehead atoms. The highest BCUT2D eigenvalue weighted by atomic mass is 32.1. The van der Waals surface area contributed by atoms with E-state index in [2.05, 4.69) is 12.6 Å². The van der Waals surface area contributed by atoms with Crippen molar-refractivity contribution in [3.8, 4) is 0 Å². The zero-order valence-corrected chi connectivity index (χ0v) is 12.8. The summed E-state index contributed by atoms with van der Waals surface area (Å²) in [6.07, 6.45) is 0.0663. The smallest absolute Gasteiger partial charge is 0.326 e. The van der Waals surface area contributed by atoms with Crippen molar-refractivity contribution in [3.05, 3.63) is 0 Å². The Morgan fingerprint density at radius 1 is 1.47 bits per heavy atom. The van der Waals surface area contributed by atoms with E-state index < -0.39 is 23.0 Å². The maximum atomic E-state index is 12.2. The first-order chi connectivity index (χ1) is 8.53. The highest BCUT2D eigenvalue weighted by Gasteiger charge is 2.53. The van der Waals surface area contributed by atoms with Crippen LogP contribution in [0.4, 0.5) is 0 Å². The van der Waals surface area contributed by atoms with E-state index in [-0.39, 0.29) is 24.8 Å². The third-order valence-electron chi connectivity index (χ3n) is 4.00. The van der Waals surface area contributed by atoms with Crippen LogP contribution in [-0.2, 0) is 9.59 Å². The molecule has 2 N–H and O–H groups in total. The van der Waals surface area contributed by atoms with Crippen molar-refractivity contribution in [3.63, 3.8) is 0 Å². The molecule has 1 rings (SSSR count). The number of aliphatic carboxylic acids is 1. The molecule has 0 aliphatic carbocycles. The molecule has 19 heavy (non-hydrogen) atoms. The van der Waals surface area contributed by atoms with Gasteiger partial charge in [-0.2, -0.15) is 12.6 Å². The van der Waals surface area contributed by atoms with Crippen LogP contribution in [-0.4, -0.2) is 50.9 Å². The zero-order valence-electron chi connectivity index (χ0n) is 11.9. The number of β-amino-alcohol motifs (C(OH)–C–C–N with tert-alkyl or cyclic N) is 1. The summed E-state index contributed by atoms with van der Waals surface area (Å²) in [4.78, 5) is 24.8. The van der Waals surface area contributed by atoms with Crippen LogP contribution in [0.5, 0.6) is 0 Å². The van der Waals surface area contributed by atoms with Crippen molar-refractivity contribution in [2.75, 3.05) is 12.3 Å². The quantitative estimate of drug-likeness (QED) is 0.678. The summed E-state index contributed by atoms with van der Waals surface area (Å²) in [5.74, 6) is -1.33. The van der Waals surface area contributed by atoms with E-state index in [9.17, 15) is 19.8 Å². The van der Waals surface area contributed by atoms with Crippen LogP contribution in [0, 0.1) is 11.3 Å². The van der Waals surface area contributed by atoms with E-state index in [1.165, 1.54) is 4.90 Å². The average molecular weight is 289 g/mol. The van der Waals surface area contributed by atoms with Gasteiger partial charge in [0.25, 0.3) is 0 Å². The Morgan fingerprint density at radius 3 is 2.37 bits per heavy atom. The van der Waals surface area contributed by atoms with Gasteiger partial charge in [0.1, 0.15) is 6.04 Å². The Morgan fingerprint density at radius 2 is 2.00 bits per heavy atom. The SMILES string of the molecule is CC(CS)C(=O)N1CC(O)(C(C)(C)C)C[C@H]1C(=O)O. The van der Waals surface area contributed by atoms with Gasteiger partial charge in [-0.25, -0.2) is 4.79 Å². The summed E-state index contributed by atoms with van der Waals surface area (Å²) in [5.41, 5.74) is -1.66. The van der Waals surface area contributed by atoms with Crippen LogP contribution in [0.2, 0.25) is 0 Å². The standard InChI is InChI=1S/C13H23NO4S/c1-8(6-19)10(15)14-7-13(18,12(2,3)4)5-9(14)11(16)17/h8-9,18-19H,5-7H2,1-4H3,(H,16,17)/t8?,9-,13?/m0/s1. The minimum absolute atomic E-state index is 0.0599. The predicted molar refractivity (Wildman–Crippen MR) is 75.2 cm³/mol. The fourth-order valence-electron chi connectivity index (χ4n) is 2.24. The first-order valence-corrected chi connectivity index (χ1v) is 7.03. The third kappa shape index (κ3) is 3.05. The molecule has 2 unspecified atom stereocenters. The third-order valence-corrected chi connectivity index (χ3v) is 4.55. The Hall–Kier alpha value is -0.750. The monoisotopic (exact) mass is 289 g/mol. The summed E-state index contributed by atoms with van der Waals surface area (Å²) in [6.45, 7) is 7.32. The molecule has 0 aromatic carbocycles. The number of aliphatic hydroxyl groups is 1. The van der Waals surface area contributed by atoms with Crippen LogP contribution in [0.3, 0.4) is 0 Å². The van der Waals surface area contributed by atoms with Crippen molar-refractivity contribution in [1.29, 1.82) is 0 Å². The molecule has 0 aromatic heterocycles. The highest BCUT2D eigenvalue weighted by molar-refractivity contribution is 7.80. The zero-order chi connectivity index (χ0) is 15.0. The first kappa shape index (κ1) is 16.3. The van der Waals surface area contributed by atoms with E-state index in [0.29, 0.717) is 5.75 Å². The molecule has 3 atom stereocenters. The summed E-state index contributed by atoms with van der Waals surface area (Å²) in [6, 6.07) is -0.959. The average Bonchev–Trinajstić information content (AvgIpc) is 2.66. The van der Waals surface area contributed by atoms with E-state index in [1.54, 1.807) is 6.92 Å². The molecule has 1 fully saturated rings. The molecule has 0 spiro atoms. The molecule has 1 aliphatic rings. The van der Waals surface area contributed by atoms with E-state index in [1.807, 2.05) is 20.8 Å². The number of likely N-dealkylation sites (tertiary alicyclic amines) is 1. The van der Waals surface area contributed by atoms with Gasteiger partial charge < -0.3 is 15.1 Å². The summed E-state index contributed by atoms with van der Waals surface area (Å²) < 4.78 is 0. The van der Waals surface area contributed by atoms with Crippen LogP contribution < -0.4 is 0 Å². The lowest BCUT2D eigenvalue weighted by molar-refractivity contribution is -0.149. The fourth-order valence-corrected chi connectivity index (χ4v) is 2.40. The molecule has 5 nitrogen and oxygen atoms in total. The molecular weight excluding hydrogens is 266 g/mol. The number of thiol groups is 1. The molecular formula is C13H23NO4S. The normalized spacial score (nSPS) is 29.4. The molecule has 1 saturated heterocycles. The van der Waals surface area contributed by atoms with Crippen LogP contribution in [0.1, 0.15) is 34.1 Å². The Labute approximate surface area is 119 Å². The summed E-state index contributed by atoms with van der Waals surface area (Å²) in [5, 5.41) is 19.9. The van der Waals surface area contributed by atoms with Gasteiger partial charge in [-0.15, -0.1) is 0 Å². The van der Waals surface area contributed by atoms with Gasteiger partial charge in [0, 0.05) is 18.1 Å². The number of amides is 1. The van der Waals surface area contributed by atoms with E-state index >= 15 is 0 Å². The second-order valence-corrected chi connectivity index (χ2v) is 6.75. The number of carbonyl (C=O) groups excluding carboxylic acids is 1. The number of carboxylic acids is 1. The Balaban J connectivity index is 3.04. The topological polar surface area (TPSA) is 77.8 Å². The second kappa shape index (κ2) is 5.32. The van der Waals surface area contributed by atoms with Gasteiger partial charge in [-0.05, 0) is 5.41 Å². The van der Waals surface area contributed by atoms with Gasteiger partial charge in [0.15, 0.2) is 0 Å². The van der Waals surface area contributed by atoms with Gasteiger partial charge in [0.05, 0.1) is 12.1 Å². The molecule has 6 heteroatoms. The van der Waals surface area contributed by atoms with Gasteiger partial charge >= 0.3 is 5.97 Å². The Kier molecular flexibility index (Phi) is 4.57. The maximum absolute atomic E-state index is 12.2. The van der Waals surface area contributed by atoms with Gasteiger partial charge in [-0.1, -0.05) is 27.7 Å². The number of carbonyl (C=O) groups is 2. The fraction of sp³-hybridized carbons (Fsp3) is 0.846. The molecule has 1 amide bonds. The van der Waals surface area contributed by atoms with Crippen molar-refractivity contribution in [2.45, 2.75) is 45.8 Å². The lowest BCUT2D eigenvalue weighted by Crippen LogP contribution is -2.47. The molecule has 1 aliphatic heterocycles. The van der Waals surface area contributed by atoms with E-state index in [4.69, 9.17) is 0 Å². The van der Waals surface area contributed by atoms with Crippen molar-refractivity contribution >= 4 is 24.5 Å². The number of carboxylic acid groups (broad SMARTS) is 1. The van der Waals surface area contributed by atoms with Crippen LogP contribution >= 0.6 is 12.6 Å². The van der Waals surface area contributed by atoms with Crippen LogP contribution in [0.25, 0.3) is 0 Å². The predicted octanol–water partition coefficient (Wildman–Crippen LogP) is 1.02. The lowest BCUT2D eigenvalue weighted by atomic mass is 9.75. The lowest BCUT2D eigenvalue weighted by Gasteiger charge is -2.36. The van der Waals surface area contributed by atoms with Crippen LogP contribution in [0.15, 0.2) is 0 Å². The largest absolute Gasteiger partial charge is 0.480 e. The number of rotatable bonds is 3. The molecule has 0 aromatic rings. The maximum Gasteiger partial charge on any atom is 0.326 e. The summed E-state index contributed by atoms with van der Waals surface area (Å²) in [7, 11) is 0. The minimum Gasteiger partial charge on any atom is -0.480 e. The van der Waals surface area contributed by atoms with Crippen molar-refractivity contribution in [1.82, 2.24) is 4.90 Å². The first-order valence-electron chi connectivity index (χ1n) is 6.40. The molecule has 110 valence electrons. The number of nitrogens with zero attached hydrogens (tertiary/aromatic N) is 1. The Bertz CT molecular complexity index is 379. The second-order valence-electron chi connectivity index (χ2n) is 6.39. The van der Waals surface area contributed by atoms with Crippen molar-refractivity contribution in [2.24, 2.45) is 11.3 Å². The molecule has 1 heterocycles. The number of hydrogen-bond acceptors (Lipinski definition) is 4. The van der Waals surface area contributed by atoms with Gasteiger partial charge in [0.2, 0.25) is 5.91 Å². The van der Waals surface area contributed by atoms with E-state index in [0.717, 1.165) is 0 Å². The van der Waals surface area contributed by atoms with Gasteiger partial charge in [-0.3, -0.25) is 4.79 Å². The number of hydrogen-bond donors (Lipinski definition) is 3. The minimum atomic E-state index is -1.18. The molecule has 0 saturated carbocycles. The van der Waals surface area contributed by atoms with Crippen molar-refractivity contribution < 1.29 is 19.8 Å². The summed E-state index contributed by atoms with van der Waals surface area (Å²) >= 11 is 4.07. The highest BCUT2D eigenvalue weighted by Crippen LogP contribution is 2.41.